The van der Waals surface area contributed by atoms with Gasteiger partial charge >= 0.3 is 0 Å². The average Bonchev–Trinajstić information content (AvgIpc) is 2.91. The predicted molar refractivity (Wildman–Crippen MR) is 69.0 cm³/mol. The molecule has 88 valence electrons. The summed E-state index contributed by atoms with van der Waals surface area (Å²) in [4.78, 5) is 16.9. The van der Waals surface area contributed by atoms with Gasteiger partial charge in [-0.25, -0.2) is 4.98 Å². The number of halogens is 1. The van der Waals surface area contributed by atoms with E-state index in [0.29, 0.717) is 11.0 Å². The zero-order valence-electron chi connectivity index (χ0n) is 9.15. The molecule has 0 saturated heterocycles. The fourth-order valence-electron chi connectivity index (χ4n) is 2.32. The Balaban J connectivity index is 2.03. The molecule has 3 rings (SSSR count). The van der Waals surface area contributed by atoms with Crippen molar-refractivity contribution in [3.05, 3.63) is 49.3 Å². The molecule has 0 saturated carbocycles. The van der Waals surface area contributed by atoms with E-state index in [-0.39, 0.29) is 5.56 Å². The van der Waals surface area contributed by atoms with Crippen molar-refractivity contribution >= 4 is 22.9 Å². The van der Waals surface area contributed by atoms with E-state index in [1.165, 1.54) is 22.6 Å². The third kappa shape index (κ3) is 2.03. The van der Waals surface area contributed by atoms with Crippen LogP contribution in [0.1, 0.15) is 22.6 Å². The maximum absolute atomic E-state index is 11.9. The Morgan fingerprint density at radius 1 is 1.41 bits per heavy atom. The first-order valence-corrected chi connectivity index (χ1v) is 6.75. The summed E-state index contributed by atoms with van der Waals surface area (Å²) in [6.45, 7) is 0.590. The van der Waals surface area contributed by atoms with E-state index >= 15 is 0 Å². The first-order chi connectivity index (χ1) is 8.24. The molecule has 1 aliphatic carbocycles. The van der Waals surface area contributed by atoms with Gasteiger partial charge in [0, 0.05) is 22.8 Å². The summed E-state index contributed by atoms with van der Waals surface area (Å²) in [6.07, 6.45) is 4.97. The van der Waals surface area contributed by atoms with Crippen LogP contribution < -0.4 is 5.56 Å². The fourth-order valence-corrected chi connectivity index (χ4v) is 3.29. The minimum absolute atomic E-state index is 0.0650. The maximum atomic E-state index is 11.9. The SMILES string of the molecule is O=c1ccc2c(n1Cc1cnc(Cl)s1)CCC2. The molecular weight excluding hydrogens is 256 g/mol. The Kier molecular flexibility index (Phi) is 2.76. The minimum atomic E-state index is 0.0650. The highest BCUT2D eigenvalue weighted by Crippen LogP contribution is 2.23. The van der Waals surface area contributed by atoms with Crippen LogP contribution >= 0.6 is 22.9 Å². The molecule has 5 heteroatoms. The lowest BCUT2D eigenvalue weighted by atomic mass is 10.2. The minimum Gasteiger partial charge on any atom is -0.307 e. The van der Waals surface area contributed by atoms with Crippen molar-refractivity contribution in [2.75, 3.05) is 0 Å². The molecule has 17 heavy (non-hydrogen) atoms. The molecule has 0 aromatic carbocycles. The topological polar surface area (TPSA) is 34.9 Å². The van der Waals surface area contributed by atoms with Gasteiger partial charge in [-0.05, 0) is 24.8 Å². The summed E-state index contributed by atoms with van der Waals surface area (Å²) in [7, 11) is 0. The van der Waals surface area contributed by atoms with Crippen LogP contribution in [0.4, 0.5) is 0 Å². The third-order valence-electron chi connectivity index (χ3n) is 3.09. The fraction of sp³-hybridized carbons (Fsp3) is 0.333. The predicted octanol–water partition coefficient (Wildman–Crippen LogP) is 2.50. The van der Waals surface area contributed by atoms with Crippen LogP contribution in [0.25, 0.3) is 0 Å². The molecule has 0 atom stereocenters. The molecule has 0 unspecified atom stereocenters. The van der Waals surface area contributed by atoms with Gasteiger partial charge in [-0.3, -0.25) is 4.79 Å². The number of fused-ring (bicyclic) bond motifs is 1. The quantitative estimate of drug-likeness (QED) is 0.837. The van der Waals surface area contributed by atoms with Crippen LogP contribution in [0.5, 0.6) is 0 Å². The summed E-state index contributed by atoms with van der Waals surface area (Å²) in [5.74, 6) is 0. The third-order valence-corrected chi connectivity index (χ3v) is 4.19. The second-order valence-corrected chi connectivity index (χ2v) is 5.86. The van der Waals surface area contributed by atoms with Crippen molar-refractivity contribution in [3.8, 4) is 0 Å². The molecule has 3 nitrogen and oxygen atoms in total. The summed E-state index contributed by atoms with van der Waals surface area (Å²) in [6, 6.07) is 3.62. The standard InChI is InChI=1S/C12H11ClN2OS/c13-12-14-6-9(17-12)7-15-10-3-1-2-8(10)4-5-11(15)16/h4-6H,1-3,7H2. The molecule has 0 N–H and O–H groups in total. The van der Waals surface area contributed by atoms with E-state index in [2.05, 4.69) is 4.98 Å². The number of hydrogen-bond donors (Lipinski definition) is 0. The van der Waals surface area contributed by atoms with Crippen molar-refractivity contribution in [1.82, 2.24) is 9.55 Å². The van der Waals surface area contributed by atoms with E-state index in [0.717, 1.165) is 24.1 Å². The molecule has 2 aromatic heterocycles. The summed E-state index contributed by atoms with van der Waals surface area (Å²) >= 11 is 7.24. The van der Waals surface area contributed by atoms with Crippen LogP contribution in [0.2, 0.25) is 4.47 Å². The van der Waals surface area contributed by atoms with Gasteiger partial charge in [0.2, 0.25) is 0 Å². The lowest BCUT2D eigenvalue weighted by molar-refractivity contribution is 0.714. The molecule has 0 fully saturated rings. The highest BCUT2D eigenvalue weighted by molar-refractivity contribution is 7.15. The van der Waals surface area contributed by atoms with Crippen molar-refractivity contribution in [1.29, 1.82) is 0 Å². The van der Waals surface area contributed by atoms with Gasteiger partial charge in [-0.1, -0.05) is 17.7 Å². The van der Waals surface area contributed by atoms with Gasteiger partial charge in [0.25, 0.3) is 5.56 Å². The summed E-state index contributed by atoms with van der Waals surface area (Å²) in [5.41, 5.74) is 2.55. The monoisotopic (exact) mass is 266 g/mol. The van der Waals surface area contributed by atoms with Crippen LogP contribution in [-0.4, -0.2) is 9.55 Å². The van der Waals surface area contributed by atoms with Crippen LogP contribution in [0.3, 0.4) is 0 Å². The van der Waals surface area contributed by atoms with Crippen molar-refractivity contribution in [3.63, 3.8) is 0 Å². The Morgan fingerprint density at radius 2 is 2.29 bits per heavy atom. The summed E-state index contributed by atoms with van der Waals surface area (Å²) in [5, 5.41) is 0. The van der Waals surface area contributed by atoms with Gasteiger partial charge in [-0.15, -0.1) is 11.3 Å². The van der Waals surface area contributed by atoms with Crippen molar-refractivity contribution in [2.45, 2.75) is 25.8 Å². The molecule has 2 aromatic rings. The molecular formula is C12H11ClN2OS. The van der Waals surface area contributed by atoms with E-state index in [4.69, 9.17) is 11.6 Å². The Bertz CT molecular complexity index is 617. The smallest absolute Gasteiger partial charge is 0.251 e. The van der Waals surface area contributed by atoms with Gasteiger partial charge in [0.15, 0.2) is 4.47 Å². The number of rotatable bonds is 2. The normalized spacial score (nSPS) is 13.9. The lowest BCUT2D eigenvalue weighted by Crippen LogP contribution is -2.22. The van der Waals surface area contributed by atoms with Crippen molar-refractivity contribution < 1.29 is 0 Å². The zero-order valence-corrected chi connectivity index (χ0v) is 10.7. The lowest BCUT2D eigenvalue weighted by Gasteiger charge is -2.10. The zero-order chi connectivity index (χ0) is 11.8. The number of aromatic nitrogens is 2. The van der Waals surface area contributed by atoms with Crippen LogP contribution in [0, 0.1) is 0 Å². The number of thiazole rings is 1. The van der Waals surface area contributed by atoms with Gasteiger partial charge < -0.3 is 4.57 Å². The number of nitrogens with zero attached hydrogens (tertiary/aromatic N) is 2. The maximum Gasteiger partial charge on any atom is 0.251 e. The van der Waals surface area contributed by atoms with Gasteiger partial charge in [-0.2, -0.15) is 0 Å². The molecule has 0 amide bonds. The van der Waals surface area contributed by atoms with Gasteiger partial charge in [0.05, 0.1) is 6.54 Å². The molecule has 1 aliphatic rings. The number of pyridine rings is 1. The van der Waals surface area contributed by atoms with E-state index in [1.54, 1.807) is 12.3 Å². The molecule has 0 spiro atoms. The van der Waals surface area contributed by atoms with Gasteiger partial charge in [0.1, 0.15) is 0 Å². The molecule has 0 radical (unpaired) electrons. The molecule has 2 heterocycles. The second-order valence-electron chi connectivity index (χ2n) is 4.16. The van der Waals surface area contributed by atoms with E-state index in [1.807, 2.05) is 10.6 Å². The highest BCUT2D eigenvalue weighted by Gasteiger charge is 2.16. The number of hydrogen-bond acceptors (Lipinski definition) is 3. The average molecular weight is 267 g/mol. The van der Waals surface area contributed by atoms with Crippen LogP contribution in [0.15, 0.2) is 23.1 Å². The largest absolute Gasteiger partial charge is 0.307 e. The second kappa shape index (κ2) is 4.27. The first-order valence-electron chi connectivity index (χ1n) is 5.56. The summed E-state index contributed by atoms with van der Waals surface area (Å²) < 4.78 is 2.38. The number of aryl methyl sites for hydroxylation is 1. The van der Waals surface area contributed by atoms with E-state index in [9.17, 15) is 4.79 Å². The van der Waals surface area contributed by atoms with Crippen molar-refractivity contribution in [2.24, 2.45) is 0 Å². The Hall–Kier alpha value is -1.13. The van der Waals surface area contributed by atoms with E-state index < -0.39 is 0 Å². The highest BCUT2D eigenvalue weighted by atomic mass is 35.5. The Morgan fingerprint density at radius 3 is 3.06 bits per heavy atom. The Labute approximate surface area is 108 Å². The van der Waals surface area contributed by atoms with Crippen LogP contribution in [-0.2, 0) is 19.4 Å². The molecule has 0 aliphatic heterocycles. The molecule has 0 bridgehead atoms. The first kappa shape index (κ1) is 11.0.